The normalized spacial score (nSPS) is 10.6. The van der Waals surface area contributed by atoms with Crippen molar-refractivity contribution in [2.24, 2.45) is 0 Å². The summed E-state index contributed by atoms with van der Waals surface area (Å²) in [6.45, 7) is 0. The van der Waals surface area contributed by atoms with Gasteiger partial charge in [-0.25, -0.2) is 4.98 Å². The molecule has 0 saturated carbocycles. The maximum atomic E-state index is 10.8. The van der Waals surface area contributed by atoms with E-state index in [9.17, 15) is 4.79 Å². The number of nitrogens with zero attached hydrogens (tertiary/aromatic N) is 3. The monoisotopic (exact) mass is 283 g/mol. The predicted molar refractivity (Wildman–Crippen MR) is 74.6 cm³/mol. The molecular weight excluding hydrogens is 274 g/mol. The first-order valence-electron chi connectivity index (χ1n) is 5.85. The minimum atomic E-state index is -0.863. The third-order valence-corrected chi connectivity index (χ3v) is 3.81. The van der Waals surface area contributed by atoms with Crippen LogP contribution in [0, 0.1) is 11.3 Å². The van der Waals surface area contributed by atoms with Crippen LogP contribution in [0.4, 0.5) is 0 Å². The molecule has 5 nitrogen and oxygen atoms in total. The molecule has 0 radical (unpaired) electrons. The molecule has 0 atom stereocenters. The lowest BCUT2D eigenvalue weighted by atomic mass is 10.1. The van der Waals surface area contributed by atoms with Crippen LogP contribution in [-0.2, 0) is 11.2 Å². The van der Waals surface area contributed by atoms with Gasteiger partial charge in [0.15, 0.2) is 4.96 Å². The molecule has 3 rings (SSSR count). The first-order chi connectivity index (χ1) is 9.67. The van der Waals surface area contributed by atoms with Gasteiger partial charge in [-0.15, -0.1) is 11.3 Å². The molecule has 0 aliphatic heterocycles. The summed E-state index contributed by atoms with van der Waals surface area (Å²) < 4.78 is 1.80. The van der Waals surface area contributed by atoms with Crippen LogP contribution < -0.4 is 0 Å². The van der Waals surface area contributed by atoms with Gasteiger partial charge in [-0.3, -0.25) is 9.20 Å². The number of thiazole rings is 1. The highest BCUT2D eigenvalue weighted by atomic mass is 32.1. The number of imidazole rings is 1. The maximum Gasteiger partial charge on any atom is 0.309 e. The van der Waals surface area contributed by atoms with Gasteiger partial charge in [-0.1, -0.05) is 12.1 Å². The number of rotatable bonds is 3. The number of nitriles is 1. The van der Waals surface area contributed by atoms with Crippen molar-refractivity contribution in [3.63, 3.8) is 0 Å². The van der Waals surface area contributed by atoms with E-state index in [-0.39, 0.29) is 6.42 Å². The number of aromatic nitrogens is 2. The molecule has 20 heavy (non-hydrogen) atoms. The van der Waals surface area contributed by atoms with E-state index in [0.717, 1.165) is 16.2 Å². The number of carboxylic acids is 1. The molecule has 0 spiro atoms. The third-order valence-electron chi connectivity index (χ3n) is 2.93. The van der Waals surface area contributed by atoms with Crippen molar-refractivity contribution in [2.75, 3.05) is 0 Å². The highest BCUT2D eigenvalue weighted by molar-refractivity contribution is 7.15. The van der Waals surface area contributed by atoms with Crippen LogP contribution >= 0.6 is 11.3 Å². The Morgan fingerprint density at radius 3 is 2.80 bits per heavy atom. The van der Waals surface area contributed by atoms with E-state index in [1.807, 2.05) is 18.3 Å². The molecule has 2 heterocycles. The smallest absolute Gasteiger partial charge is 0.309 e. The molecule has 98 valence electrons. The second-order valence-electron chi connectivity index (χ2n) is 4.27. The average molecular weight is 283 g/mol. The first-order valence-corrected chi connectivity index (χ1v) is 6.73. The summed E-state index contributed by atoms with van der Waals surface area (Å²) in [7, 11) is 0. The Labute approximate surface area is 118 Å². The lowest BCUT2D eigenvalue weighted by molar-refractivity contribution is -0.136. The fourth-order valence-electron chi connectivity index (χ4n) is 1.97. The number of benzene rings is 1. The standard InChI is InChI=1S/C14H9N3O2S/c15-6-9-1-3-10(4-2-9)12-7-17-11(5-13(18)19)8-20-14(17)16-12/h1-4,7-8H,5H2,(H,18,19). The van der Waals surface area contributed by atoms with Crippen LogP contribution in [0.15, 0.2) is 35.8 Å². The zero-order chi connectivity index (χ0) is 14.1. The van der Waals surface area contributed by atoms with Gasteiger partial charge in [0.05, 0.1) is 23.7 Å². The van der Waals surface area contributed by atoms with Gasteiger partial charge in [0.1, 0.15) is 0 Å². The Morgan fingerprint density at radius 2 is 2.15 bits per heavy atom. The lowest BCUT2D eigenvalue weighted by Crippen LogP contribution is -2.02. The molecule has 0 unspecified atom stereocenters. The SMILES string of the molecule is N#Cc1ccc(-c2cn3c(CC(=O)O)csc3n2)cc1. The van der Waals surface area contributed by atoms with Crippen molar-refractivity contribution in [3.8, 4) is 17.3 Å². The summed E-state index contributed by atoms with van der Waals surface area (Å²) in [4.78, 5) is 16.0. The molecule has 1 aromatic carbocycles. The molecule has 0 fully saturated rings. The van der Waals surface area contributed by atoms with E-state index in [2.05, 4.69) is 11.1 Å². The first kappa shape index (κ1) is 12.4. The quantitative estimate of drug-likeness (QED) is 0.801. The molecule has 0 aliphatic carbocycles. The van der Waals surface area contributed by atoms with Crippen LogP contribution in [-0.4, -0.2) is 20.5 Å². The maximum absolute atomic E-state index is 10.8. The third kappa shape index (κ3) is 2.15. The van der Waals surface area contributed by atoms with E-state index in [1.165, 1.54) is 11.3 Å². The van der Waals surface area contributed by atoms with Crippen molar-refractivity contribution in [3.05, 3.63) is 47.1 Å². The minimum Gasteiger partial charge on any atom is -0.481 e. The molecule has 3 aromatic rings. The Morgan fingerprint density at radius 1 is 1.40 bits per heavy atom. The van der Waals surface area contributed by atoms with Crippen LogP contribution in [0.1, 0.15) is 11.3 Å². The summed E-state index contributed by atoms with van der Waals surface area (Å²) in [5, 5.41) is 19.4. The van der Waals surface area contributed by atoms with Gasteiger partial charge in [0.2, 0.25) is 0 Å². The zero-order valence-electron chi connectivity index (χ0n) is 10.3. The molecule has 0 bridgehead atoms. The number of hydrogen-bond donors (Lipinski definition) is 1. The molecule has 0 saturated heterocycles. The Bertz CT molecular complexity index is 824. The van der Waals surface area contributed by atoms with Crippen LogP contribution in [0.25, 0.3) is 16.2 Å². The number of carboxylic acid groups (broad SMARTS) is 1. The topological polar surface area (TPSA) is 78.4 Å². The van der Waals surface area contributed by atoms with Gasteiger partial charge in [0, 0.05) is 22.8 Å². The minimum absolute atomic E-state index is 0.0246. The molecule has 6 heteroatoms. The van der Waals surface area contributed by atoms with Crippen LogP contribution in [0.3, 0.4) is 0 Å². The molecule has 0 aliphatic rings. The summed E-state index contributed by atoms with van der Waals surface area (Å²) in [6, 6.07) is 9.21. The van der Waals surface area contributed by atoms with E-state index in [0.29, 0.717) is 11.3 Å². The summed E-state index contributed by atoms with van der Waals surface area (Å²) in [5.41, 5.74) is 2.99. The van der Waals surface area contributed by atoms with Crippen molar-refractivity contribution in [1.82, 2.24) is 9.38 Å². The van der Waals surface area contributed by atoms with Crippen molar-refractivity contribution < 1.29 is 9.90 Å². The highest BCUT2D eigenvalue weighted by Gasteiger charge is 2.11. The number of hydrogen-bond acceptors (Lipinski definition) is 4. The predicted octanol–water partition coefficient (Wildman–Crippen LogP) is 2.56. The van der Waals surface area contributed by atoms with Gasteiger partial charge < -0.3 is 5.11 Å². The summed E-state index contributed by atoms with van der Waals surface area (Å²) in [5.74, 6) is -0.863. The largest absolute Gasteiger partial charge is 0.481 e. The summed E-state index contributed by atoms with van der Waals surface area (Å²) >= 11 is 1.42. The second-order valence-corrected chi connectivity index (χ2v) is 5.10. The van der Waals surface area contributed by atoms with E-state index >= 15 is 0 Å². The fraction of sp³-hybridized carbons (Fsp3) is 0.0714. The van der Waals surface area contributed by atoms with Crippen molar-refractivity contribution >= 4 is 22.3 Å². The van der Waals surface area contributed by atoms with Gasteiger partial charge in [-0.2, -0.15) is 5.26 Å². The van der Waals surface area contributed by atoms with Gasteiger partial charge in [-0.05, 0) is 12.1 Å². The highest BCUT2D eigenvalue weighted by Crippen LogP contribution is 2.24. The van der Waals surface area contributed by atoms with Crippen molar-refractivity contribution in [1.29, 1.82) is 5.26 Å². The van der Waals surface area contributed by atoms with Crippen LogP contribution in [0.2, 0.25) is 0 Å². The lowest BCUT2D eigenvalue weighted by Gasteiger charge is -1.96. The molecular formula is C14H9N3O2S. The average Bonchev–Trinajstić information content (AvgIpc) is 3.01. The van der Waals surface area contributed by atoms with E-state index < -0.39 is 5.97 Å². The number of fused-ring (bicyclic) bond motifs is 1. The zero-order valence-corrected chi connectivity index (χ0v) is 11.1. The molecule has 1 N–H and O–H groups in total. The fourth-order valence-corrected chi connectivity index (χ4v) is 2.84. The van der Waals surface area contributed by atoms with Gasteiger partial charge >= 0.3 is 5.97 Å². The van der Waals surface area contributed by atoms with E-state index in [1.54, 1.807) is 21.9 Å². The van der Waals surface area contributed by atoms with Crippen LogP contribution in [0.5, 0.6) is 0 Å². The number of aliphatic carboxylic acids is 1. The van der Waals surface area contributed by atoms with Gasteiger partial charge in [0.25, 0.3) is 0 Å². The molecule has 0 amide bonds. The molecule has 2 aromatic heterocycles. The van der Waals surface area contributed by atoms with Crippen molar-refractivity contribution in [2.45, 2.75) is 6.42 Å². The second kappa shape index (κ2) is 4.79. The summed E-state index contributed by atoms with van der Waals surface area (Å²) in [6.07, 6.45) is 1.80. The van der Waals surface area contributed by atoms with E-state index in [4.69, 9.17) is 10.4 Å². The Hall–Kier alpha value is -2.65. The number of carbonyl (C=O) groups is 1. The Balaban J connectivity index is 2.02. The Kier molecular flexibility index (Phi) is 2.97.